The molecule has 0 unspecified atom stereocenters. The molecule has 2 aliphatic rings. The summed E-state index contributed by atoms with van der Waals surface area (Å²) in [5.74, 6) is 0.993. The first-order valence-corrected chi connectivity index (χ1v) is 9.88. The van der Waals surface area contributed by atoms with E-state index in [0.29, 0.717) is 24.4 Å². The van der Waals surface area contributed by atoms with Gasteiger partial charge >= 0.3 is 0 Å². The molecule has 0 aromatic carbocycles. The number of carbonyl (C=O) groups excluding carboxylic acids is 1. The van der Waals surface area contributed by atoms with Crippen molar-refractivity contribution in [3.8, 4) is 0 Å². The molecule has 1 amide bonds. The van der Waals surface area contributed by atoms with Gasteiger partial charge in [-0.05, 0) is 71.5 Å². The summed E-state index contributed by atoms with van der Waals surface area (Å²) >= 11 is 0. The highest BCUT2D eigenvalue weighted by molar-refractivity contribution is 5.78. The zero-order valence-corrected chi connectivity index (χ0v) is 15.9. The maximum Gasteiger partial charge on any atom is 0.236 e. The summed E-state index contributed by atoms with van der Waals surface area (Å²) in [6.45, 7) is 9.50. The van der Waals surface area contributed by atoms with Crippen molar-refractivity contribution in [3.63, 3.8) is 0 Å². The molecule has 140 valence electrons. The second-order valence-electron chi connectivity index (χ2n) is 7.93. The lowest BCUT2D eigenvalue weighted by Crippen LogP contribution is -2.48. The predicted octanol–water partition coefficient (Wildman–Crippen LogP) is 1.80. The van der Waals surface area contributed by atoms with E-state index in [9.17, 15) is 9.90 Å². The number of β-amino-alcohol motifs (C(OH)–C–C–N with tert-alkyl or cyclic N) is 1. The Kier molecular flexibility index (Phi) is 7.98. The Morgan fingerprint density at radius 2 is 1.92 bits per heavy atom. The van der Waals surface area contributed by atoms with Crippen molar-refractivity contribution in [2.75, 3.05) is 46.3 Å². The Morgan fingerprint density at radius 1 is 1.21 bits per heavy atom. The zero-order valence-electron chi connectivity index (χ0n) is 15.9. The third-order valence-electron chi connectivity index (χ3n) is 5.62. The first-order chi connectivity index (χ1) is 11.5. The third-order valence-corrected chi connectivity index (χ3v) is 5.62. The van der Waals surface area contributed by atoms with Gasteiger partial charge in [-0.3, -0.25) is 9.69 Å². The monoisotopic (exact) mass is 339 g/mol. The van der Waals surface area contributed by atoms with Gasteiger partial charge in [0.2, 0.25) is 5.91 Å². The second-order valence-corrected chi connectivity index (χ2v) is 7.93. The summed E-state index contributed by atoms with van der Waals surface area (Å²) in [7, 11) is 2.09. The molecule has 2 heterocycles. The van der Waals surface area contributed by atoms with Gasteiger partial charge in [0.25, 0.3) is 0 Å². The normalized spacial score (nSPS) is 25.2. The molecular formula is C19H37N3O2. The van der Waals surface area contributed by atoms with Gasteiger partial charge in [0.15, 0.2) is 0 Å². The lowest BCUT2D eigenvalue weighted by atomic mass is 9.96. The van der Waals surface area contributed by atoms with Crippen LogP contribution in [0.1, 0.15) is 52.4 Å². The number of rotatable bonds is 7. The van der Waals surface area contributed by atoms with Crippen molar-refractivity contribution in [1.82, 2.24) is 14.7 Å². The average molecular weight is 340 g/mol. The van der Waals surface area contributed by atoms with Gasteiger partial charge in [-0.1, -0.05) is 6.92 Å². The van der Waals surface area contributed by atoms with Crippen LogP contribution in [0.25, 0.3) is 0 Å². The SMILES string of the molecule is CC[C@H]1CCCCN1C(=O)CN(C)CC1CCN(C[C@H](C)O)CC1. The van der Waals surface area contributed by atoms with Gasteiger partial charge in [0.1, 0.15) is 0 Å². The van der Waals surface area contributed by atoms with Crippen molar-refractivity contribution in [1.29, 1.82) is 0 Å². The molecule has 2 saturated heterocycles. The third kappa shape index (κ3) is 6.01. The highest BCUT2D eigenvalue weighted by Crippen LogP contribution is 2.21. The van der Waals surface area contributed by atoms with Crippen LogP contribution >= 0.6 is 0 Å². The highest BCUT2D eigenvalue weighted by Gasteiger charge is 2.27. The van der Waals surface area contributed by atoms with E-state index < -0.39 is 0 Å². The molecule has 2 aliphatic heterocycles. The van der Waals surface area contributed by atoms with E-state index >= 15 is 0 Å². The highest BCUT2D eigenvalue weighted by atomic mass is 16.3. The van der Waals surface area contributed by atoms with Gasteiger partial charge < -0.3 is 14.9 Å². The fraction of sp³-hybridized carbons (Fsp3) is 0.947. The topological polar surface area (TPSA) is 47.0 Å². The summed E-state index contributed by atoms with van der Waals surface area (Å²) in [5, 5.41) is 9.49. The van der Waals surface area contributed by atoms with E-state index in [4.69, 9.17) is 0 Å². The molecule has 2 rings (SSSR count). The van der Waals surface area contributed by atoms with Crippen LogP contribution in [0.3, 0.4) is 0 Å². The minimum Gasteiger partial charge on any atom is -0.392 e. The number of piperidine rings is 2. The van der Waals surface area contributed by atoms with Gasteiger partial charge in [0, 0.05) is 25.7 Å². The molecule has 0 radical (unpaired) electrons. The van der Waals surface area contributed by atoms with Crippen LogP contribution in [-0.4, -0.2) is 84.2 Å². The summed E-state index contributed by atoms with van der Waals surface area (Å²) in [4.78, 5) is 19.3. The van der Waals surface area contributed by atoms with E-state index in [2.05, 4.69) is 28.7 Å². The van der Waals surface area contributed by atoms with Crippen LogP contribution < -0.4 is 0 Å². The Labute approximate surface area is 148 Å². The molecule has 0 spiro atoms. The number of carbonyl (C=O) groups is 1. The molecule has 0 aromatic rings. The number of nitrogens with zero attached hydrogens (tertiary/aromatic N) is 3. The van der Waals surface area contributed by atoms with Crippen LogP contribution in [0, 0.1) is 5.92 Å². The molecule has 2 atom stereocenters. The van der Waals surface area contributed by atoms with Crippen molar-refractivity contribution in [2.24, 2.45) is 5.92 Å². The fourth-order valence-corrected chi connectivity index (χ4v) is 4.31. The quantitative estimate of drug-likeness (QED) is 0.768. The Bertz CT molecular complexity index is 381. The minimum absolute atomic E-state index is 0.238. The number of likely N-dealkylation sites (tertiary alicyclic amines) is 2. The number of likely N-dealkylation sites (N-methyl/N-ethyl adjacent to an activating group) is 1. The molecule has 24 heavy (non-hydrogen) atoms. The van der Waals surface area contributed by atoms with Crippen LogP contribution in [0.2, 0.25) is 0 Å². The van der Waals surface area contributed by atoms with Crippen LogP contribution in [0.15, 0.2) is 0 Å². The van der Waals surface area contributed by atoms with E-state index in [0.717, 1.165) is 45.6 Å². The maximum absolute atomic E-state index is 12.6. The Balaban J connectivity index is 1.71. The molecule has 0 aromatic heterocycles. The molecule has 5 heteroatoms. The Morgan fingerprint density at radius 3 is 2.54 bits per heavy atom. The molecular weight excluding hydrogens is 302 g/mol. The summed E-state index contributed by atoms with van der Waals surface area (Å²) in [6, 6.07) is 0.461. The number of aliphatic hydroxyl groups excluding tert-OH is 1. The molecule has 5 nitrogen and oxygen atoms in total. The molecule has 2 fully saturated rings. The fourth-order valence-electron chi connectivity index (χ4n) is 4.31. The van der Waals surface area contributed by atoms with Gasteiger partial charge in [-0.25, -0.2) is 0 Å². The van der Waals surface area contributed by atoms with E-state index in [1.807, 2.05) is 6.92 Å². The van der Waals surface area contributed by atoms with E-state index in [1.165, 1.54) is 25.7 Å². The van der Waals surface area contributed by atoms with Crippen molar-refractivity contribution in [3.05, 3.63) is 0 Å². The van der Waals surface area contributed by atoms with Gasteiger partial charge in [0.05, 0.1) is 12.6 Å². The summed E-state index contributed by atoms with van der Waals surface area (Å²) in [6.07, 6.45) is 6.79. The summed E-state index contributed by atoms with van der Waals surface area (Å²) in [5.41, 5.74) is 0. The number of amides is 1. The van der Waals surface area contributed by atoms with E-state index in [1.54, 1.807) is 0 Å². The van der Waals surface area contributed by atoms with Crippen molar-refractivity contribution < 1.29 is 9.90 Å². The maximum atomic E-state index is 12.6. The standard InChI is InChI=1S/C19H37N3O2/c1-4-18-7-5-6-10-22(18)19(24)15-20(3)14-17-8-11-21(12-9-17)13-16(2)23/h16-18,23H,4-15H2,1-3H3/t16-,18-/m0/s1. The molecule has 0 saturated carbocycles. The first-order valence-electron chi connectivity index (χ1n) is 9.88. The number of hydrogen-bond donors (Lipinski definition) is 1. The van der Waals surface area contributed by atoms with Gasteiger partial charge in [-0.15, -0.1) is 0 Å². The lowest BCUT2D eigenvalue weighted by Gasteiger charge is -2.37. The molecule has 0 bridgehead atoms. The second kappa shape index (κ2) is 9.73. The first kappa shape index (κ1) is 19.7. The van der Waals surface area contributed by atoms with Crippen molar-refractivity contribution >= 4 is 5.91 Å². The zero-order chi connectivity index (χ0) is 17.5. The molecule has 1 N–H and O–H groups in total. The predicted molar refractivity (Wildman–Crippen MR) is 98.0 cm³/mol. The van der Waals surface area contributed by atoms with Crippen LogP contribution in [0.5, 0.6) is 0 Å². The van der Waals surface area contributed by atoms with Crippen LogP contribution in [0.4, 0.5) is 0 Å². The smallest absolute Gasteiger partial charge is 0.236 e. The largest absolute Gasteiger partial charge is 0.392 e. The molecule has 0 aliphatic carbocycles. The van der Waals surface area contributed by atoms with E-state index in [-0.39, 0.29) is 6.10 Å². The number of hydrogen-bond acceptors (Lipinski definition) is 4. The van der Waals surface area contributed by atoms with Gasteiger partial charge in [-0.2, -0.15) is 0 Å². The van der Waals surface area contributed by atoms with Crippen LogP contribution in [-0.2, 0) is 4.79 Å². The lowest BCUT2D eigenvalue weighted by molar-refractivity contribution is -0.136. The van der Waals surface area contributed by atoms with Crippen molar-refractivity contribution in [2.45, 2.75) is 64.5 Å². The minimum atomic E-state index is -0.238. The Hall–Kier alpha value is -0.650. The summed E-state index contributed by atoms with van der Waals surface area (Å²) < 4.78 is 0. The number of aliphatic hydroxyl groups is 1. The average Bonchev–Trinajstić information content (AvgIpc) is 2.56.